The molecule has 0 bridgehead atoms. The number of benzene rings is 2. The fourth-order valence-corrected chi connectivity index (χ4v) is 7.83. The summed E-state index contributed by atoms with van der Waals surface area (Å²) in [6.07, 6.45) is 5.19. The minimum atomic E-state index is -2.11. The average Bonchev–Trinajstić information content (AvgIpc) is 3.65. The smallest absolute Gasteiger partial charge is 0.247 e. The van der Waals surface area contributed by atoms with Crippen molar-refractivity contribution >= 4 is 39.4 Å². The monoisotopic (exact) mass is 717 g/mol. The van der Waals surface area contributed by atoms with Crippen LogP contribution in [0, 0.1) is 0 Å². The van der Waals surface area contributed by atoms with E-state index in [2.05, 4.69) is 104 Å². The normalized spacial score (nSPS) is 18.9. The molecule has 2 aromatic carbocycles. The molecule has 272 valence electrons. The van der Waals surface area contributed by atoms with Gasteiger partial charge in [-0.1, -0.05) is 97.4 Å². The number of hydrogen-bond donors (Lipinski definition) is 1. The number of hydrogen-bond acceptors (Lipinski definition) is 8. The third-order valence-electron chi connectivity index (χ3n) is 10.8. The lowest BCUT2D eigenvalue weighted by atomic mass is 10.1. The zero-order valence-corrected chi connectivity index (χ0v) is 34.2. The Hall–Kier alpha value is -3.10. The summed E-state index contributed by atoms with van der Waals surface area (Å²) in [6, 6.07) is 18.6. The van der Waals surface area contributed by atoms with Crippen LogP contribution in [0.15, 0.2) is 60.9 Å². The molecule has 2 aromatic heterocycles. The van der Waals surface area contributed by atoms with Crippen molar-refractivity contribution in [2.24, 2.45) is 0 Å². The molecule has 5 rings (SSSR count). The minimum absolute atomic E-state index is 0.0601. The molecule has 4 aromatic rings. The molecule has 0 saturated carbocycles. The van der Waals surface area contributed by atoms with Gasteiger partial charge in [0.15, 0.2) is 27.8 Å². The number of imidazole rings is 1. The first-order valence-electron chi connectivity index (χ1n) is 18.2. The molecule has 3 atom stereocenters. The fraction of sp³-hybridized carbons (Fsp3) is 0.564. The Balaban J connectivity index is 1.47. The maximum absolute atomic E-state index is 7.06. The number of anilines is 2. The zero-order chi connectivity index (χ0) is 36.3. The predicted octanol–water partition coefficient (Wildman–Crippen LogP) is 10.2. The van der Waals surface area contributed by atoms with E-state index in [-0.39, 0.29) is 28.5 Å². The molecule has 0 spiro atoms. The number of ether oxygens (including phenoxy) is 2. The van der Waals surface area contributed by atoms with Crippen LogP contribution in [0.25, 0.3) is 11.2 Å². The molecule has 0 amide bonds. The van der Waals surface area contributed by atoms with Crippen LogP contribution in [0.5, 0.6) is 5.88 Å². The van der Waals surface area contributed by atoms with Crippen LogP contribution in [-0.4, -0.2) is 55.0 Å². The highest BCUT2D eigenvalue weighted by atomic mass is 28.4. The van der Waals surface area contributed by atoms with Gasteiger partial charge >= 0.3 is 0 Å². The van der Waals surface area contributed by atoms with E-state index in [4.69, 9.17) is 33.3 Å². The fourth-order valence-electron chi connectivity index (χ4n) is 5.46. The number of nitrogens with zero attached hydrogens (tertiary/aromatic N) is 4. The molecule has 0 aliphatic carbocycles. The van der Waals surface area contributed by atoms with Crippen molar-refractivity contribution < 1.29 is 18.3 Å². The molecule has 3 unspecified atom stereocenters. The third-order valence-corrected chi connectivity index (χ3v) is 19.8. The summed E-state index contributed by atoms with van der Waals surface area (Å²) < 4.78 is 29.0. The van der Waals surface area contributed by atoms with Crippen molar-refractivity contribution in [1.82, 2.24) is 19.5 Å². The Kier molecular flexibility index (Phi) is 11.6. The van der Waals surface area contributed by atoms with Crippen molar-refractivity contribution in [3.8, 4) is 5.88 Å². The van der Waals surface area contributed by atoms with Crippen LogP contribution in [0.1, 0.15) is 85.1 Å². The van der Waals surface area contributed by atoms with Gasteiger partial charge in [-0.2, -0.15) is 9.97 Å². The second kappa shape index (κ2) is 15.3. The molecule has 50 heavy (non-hydrogen) atoms. The van der Waals surface area contributed by atoms with Gasteiger partial charge in [-0.3, -0.25) is 4.57 Å². The van der Waals surface area contributed by atoms with Crippen molar-refractivity contribution in [3.63, 3.8) is 0 Å². The molecule has 3 heterocycles. The lowest BCUT2D eigenvalue weighted by Crippen LogP contribution is -2.48. The van der Waals surface area contributed by atoms with Crippen LogP contribution in [0.2, 0.25) is 36.3 Å². The summed E-state index contributed by atoms with van der Waals surface area (Å²) in [5, 5.41) is 3.57. The number of nitrogens with one attached hydrogen (secondary N) is 1. The van der Waals surface area contributed by atoms with E-state index in [0.717, 1.165) is 17.7 Å². The van der Waals surface area contributed by atoms with Crippen molar-refractivity contribution in [3.05, 3.63) is 72.1 Å². The predicted molar refractivity (Wildman–Crippen MR) is 208 cm³/mol. The topological polar surface area (TPSA) is 92.6 Å². The molecule has 1 aliphatic rings. The van der Waals surface area contributed by atoms with Gasteiger partial charge in [-0.05, 0) is 72.4 Å². The Labute approximate surface area is 301 Å². The van der Waals surface area contributed by atoms with Crippen LogP contribution < -0.4 is 10.1 Å². The van der Waals surface area contributed by atoms with Gasteiger partial charge in [0.1, 0.15) is 18.9 Å². The maximum Gasteiger partial charge on any atom is 0.247 e. The van der Waals surface area contributed by atoms with Gasteiger partial charge in [0, 0.05) is 12.1 Å². The Morgan fingerprint density at radius 2 is 1.56 bits per heavy atom. The highest BCUT2D eigenvalue weighted by molar-refractivity contribution is 6.74. The number of aryl methyl sites for hydroxylation is 1. The molecule has 0 radical (unpaired) electrons. The first kappa shape index (κ1) is 38.1. The molecular weight excluding hydrogens is 659 g/mol. The van der Waals surface area contributed by atoms with Gasteiger partial charge in [-0.25, -0.2) is 4.98 Å². The van der Waals surface area contributed by atoms with E-state index in [9.17, 15) is 0 Å². The van der Waals surface area contributed by atoms with Gasteiger partial charge in [-0.15, -0.1) is 0 Å². The lowest BCUT2D eigenvalue weighted by molar-refractivity contribution is -0.0383. The highest BCUT2D eigenvalue weighted by Gasteiger charge is 2.47. The van der Waals surface area contributed by atoms with Gasteiger partial charge < -0.3 is 23.6 Å². The van der Waals surface area contributed by atoms with E-state index >= 15 is 0 Å². The molecule has 11 heteroatoms. The van der Waals surface area contributed by atoms with Crippen molar-refractivity contribution in [2.45, 2.75) is 135 Å². The van der Waals surface area contributed by atoms with Crippen LogP contribution in [0.4, 0.5) is 11.6 Å². The largest absolute Gasteiger partial charge is 0.471 e. The van der Waals surface area contributed by atoms with E-state index in [1.165, 1.54) is 18.4 Å². The average molecular weight is 718 g/mol. The summed E-state index contributed by atoms with van der Waals surface area (Å²) in [4.78, 5) is 14.6. The number of rotatable bonds is 14. The summed E-state index contributed by atoms with van der Waals surface area (Å²) in [6.45, 7) is 25.9. The number of fused-ring (bicyclic) bond motifs is 1. The molecule has 1 fully saturated rings. The molecular formula is C39H59N5O4Si2. The van der Waals surface area contributed by atoms with Crippen LogP contribution in [-0.2, 0) is 26.6 Å². The van der Waals surface area contributed by atoms with E-state index in [1.807, 2.05) is 34.9 Å². The Morgan fingerprint density at radius 3 is 2.20 bits per heavy atom. The van der Waals surface area contributed by atoms with Crippen molar-refractivity contribution in [2.75, 3.05) is 11.9 Å². The minimum Gasteiger partial charge on any atom is -0.471 e. The van der Waals surface area contributed by atoms with Crippen molar-refractivity contribution in [1.29, 1.82) is 0 Å². The van der Waals surface area contributed by atoms with E-state index in [0.29, 0.717) is 42.6 Å². The number of aromatic nitrogens is 4. The van der Waals surface area contributed by atoms with Crippen LogP contribution >= 0.6 is 0 Å². The highest BCUT2D eigenvalue weighted by Crippen LogP contribution is 2.43. The van der Waals surface area contributed by atoms with Gasteiger partial charge in [0.2, 0.25) is 11.8 Å². The van der Waals surface area contributed by atoms with E-state index in [1.54, 1.807) is 6.33 Å². The lowest BCUT2D eigenvalue weighted by Gasteiger charge is -2.40. The van der Waals surface area contributed by atoms with Gasteiger partial charge in [0.05, 0.1) is 19.0 Å². The third kappa shape index (κ3) is 9.03. The standard InChI is InChI=1S/C39H59N5O4Si2/c1-12-13-17-28-20-22-30(23-21-28)41-37-42-35-34(36(43-37)45-25-29-18-15-14-16-19-29)40-27-44(35)33-24-31(48-50(10,11)39(5,6)7)32(47-33)26-46-49(8,9)38(2,3)4/h14-16,18-23,27,31-33H,12-13,17,24-26H2,1-11H3,(H,41,42,43). The Bertz CT molecular complexity index is 1700. The number of unbranched alkanes of at least 4 members (excludes halogenated alkanes) is 1. The molecule has 1 saturated heterocycles. The van der Waals surface area contributed by atoms with Gasteiger partial charge in [0.25, 0.3) is 0 Å². The maximum atomic E-state index is 7.06. The molecule has 1 N–H and O–H groups in total. The second-order valence-corrected chi connectivity index (χ2v) is 26.3. The van der Waals surface area contributed by atoms with Crippen LogP contribution in [0.3, 0.4) is 0 Å². The summed E-state index contributed by atoms with van der Waals surface area (Å²) in [7, 11) is -4.13. The Morgan fingerprint density at radius 1 is 0.880 bits per heavy atom. The first-order chi connectivity index (χ1) is 23.5. The second-order valence-electron chi connectivity index (χ2n) is 16.7. The quantitative estimate of drug-likeness (QED) is 0.129. The summed E-state index contributed by atoms with van der Waals surface area (Å²) in [5.41, 5.74) is 4.51. The summed E-state index contributed by atoms with van der Waals surface area (Å²) in [5.74, 6) is 0.859. The SMILES string of the molecule is CCCCc1ccc(Nc2nc(OCc3ccccc3)c3ncn(C4CC(O[Si](C)(C)C(C)(C)C)C(CO[Si](C)(C)C(C)(C)C)O4)c3n2)cc1. The first-order valence-corrected chi connectivity index (χ1v) is 24.0. The molecule has 1 aliphatic heterocycles. The summed E-state index contributed by atoms with van der Waals surface area (Å²) >= 11 is 0. The molecule has 9 nitrogen and oxygen atoms in total. The van der Waals surface area contributed by atoms with E-state index < -0.39 is 16.6 Å². The zero-order valence-electron chi connectivity index (χ0n) is 32.2.